The molecule has 0 aliphatic carbocycles. The van der Waals surface area contributed by atoms with Crippen LogP contribution in [0, 0.1) is 11.3 Å². The van der Waals surface area contributed by atoms with Crippen LogP contribution in [0.5, 0.6) is 0 Å². The van der Waals surface area contributed by atoms with E-state index in [4.69, 9.17) is 0 Å². The fraction of sp³-hybridized carbons (Fsp3) is 0.409. The van der Waals surface area contributed by atoms with E-state index in [0.717, 1.165) is 44.5 Å². The standard InChI is InChI=1S/C22H28N2/c1-3-24(4-2)18-17-22(19-23,21-13-9-6-10-14-21)16-15-20-11-7-5-8-12-20/h5-14H,3-4,15-18H2,1-2H3. The molecule has 2 heteroatoms. The highest BCUT2D eigenvalue weighted by Crippen LogP contribution is 2.33. The summed E-state index contributed by atoms with van der Waals surface area (Å²) in [7, 11) is 0. The van der Waals surface area contributed by atoms with Crippen LogP contribution < -0.4 is 0 Å². The number of benzene rings is 2. The number of hydrogen-bond acceptors (Lipinski definition) is 2. The Morgan fingerprint density at radius 2 is 1.46 bits per heavy atom. The molecule has 1 atom stereocenters. The normalized spacial score (nSPS) is 13.4. The van der Waals surface area contributed by atoms with Crippen molar-refractivity contribution in [1.82, 2.24) is 4.90 Å². The van der Waals surface area contributed by atoms with Gasteiger partial charge in [-0.15, -0.1) is 0 Å². The molecule has 1 unspecified atom stereocenters. The average molecular weight is 320 g/mol. The largest absolute Gasteiger partial charge is 0.304 e. The zero-order chi connectivity index (χ0) is 17.3. The third-order valence-corrected chi connectivity index (χ3v) is 4.97. The molecule has 126 valence electrons. The second-order valence-electron chi connectivity index (χ2n) is 6.32. The van der Waals surface area contributed by atoms with Crippen molar-refractivity contribution in [1.29, 1.82) is 5.26 Å². The molecule has 0 heterocycles. The maximum absolute atomic E-state index is 10.1. The molecule has 0 radical (unpaired) electrons. The molecule has 0 saturated heterocycles. The minimum atomic E-state index is -0.417. The van der Waals surface area contributed by atoms with Crippen LogP contribution in [-0.2, 0) is 11.8 Å². The quantitative estimate of drug-likeness (QED) is 0.663. The van der Waals surface area contributed by atoms with Gasteiger partial charge in [0.1, 0.15) is 0 Å². The van der Waals surface area contributed by atoms with Crippen molar-refractivity contribution in [2.45, 2.75) is 38.5 Å². The van der Waals surface area contributed by atoms with Crippen molar-refractivity contribution < 1.29 is 0 Å². The number of aryl methyl sites for hydroxylation is 1. The van der Waals surface area contributed by atoms with Gasteiger partial charge < -0.3 is 4.90 Å². The van der Waals surface area contributed by atoms with E-state index >= 15 is 0 Å². The molecular weight excluding hydrogens is 292 g/mol. The first-order valence-electron chi connectivity index (χ1n) is 8.97. The van der Waals surface area contributed by atoms with Crippen LogP contribution in [0.2, 0.25) is 0 Å². The van der Waals surface area contributed by atoms with E-state index in [0.29, 0.717) is 0 Å². The maximum atomic E-state index is 10.1. The minimum absolute atomic E-state index is 0.417. The zero-order valence-electron chi connectivity index (χ0n) is 14.9. The summed E-state index contributed by atoms with van der Waals surface area (Å²) in [5.41, 5.74) is 2.03. The fourth-order valence-electron chi connectivity index (χ4n) is 3.24. The van der Waals surface area contributed by atoms with E-state index in [1.165, 1.54) is 5.56 Å². The van der Waals surface area contributed by atoms with Gasteiger partial charge in [-0.25, -0.2) is 0 Å². The summed E-state index contributed by atoms with van der Waals surface area (Å²) in [6.45, 7) is 7.40. The molecule has 0 aliphatic heterocycles. The van der Waals surface area contributed by atoms with Gasteiger partial charge in [-0.05, 0) is 50.0 Å². The molecule has 2 rings (SSSR count). The van der Waals surface area contributed by atoms with Gasteiger partial charge in [0.2, 0.25) is 0 Å². The maximum Gasteiger partial charge on any atom is 0.0837 e. The summed E-state index contributed by atoms with van der Waals surface area (Å²) in [5, 5.41) is 10.1. The van der Waals surface area contributed by atoms with Gasteiger partial charge in [0.25, 0.3) is 0 Å². The molecule has 0 amide bonds. The number of hydrogen-bond donors (Lipinski definition) is 0. The minimum Gasteiger partial charge on any atom is -0.304 e. The summed E-state index contributed by atoms with van der Waals surface area (Å²) in [5.74, 6) is 0. The van der Waals surface area contributed by atoms with Crippen molar-refractivity contribution in [3.63, 3.8) is 0 Å². The van der Waals surface area contributed by atoms with Gasteiger partial charge in [-0.2, -0.15) is 5.26 Å². The van der Waals surface area contributed by atoms with E-state index in [-0.39, 0.29) is 0 Å². The highest BCUT2D eigenvalue weighted by molar-refractivity contribution is 5.33. The van der Waals surface area contributed by atoms with Crippen LogP contribution >= 0.6 is 0 Å². The van der Waals surface area contributed by atoms with Crippen LogP contribution in [0.3, 0.4) is 0 Å². The van der Waals surface area contributed by atoms with Gasteiger partial charge in [-0.1, -0.05) is 74.5 Å². The fourth-order valence-corrected chi connectivity index (χ4v) is 3.24. The molecule has 0 fully saturated rings. The third kappa shape index (κ3) is 4.69. The average Bonchev–Trinajstić information content (AvgIpc) is 2.67. The highest BCUT2D eigenvalue weighted by atomic mass is 15.1. The van der Waals surface area contributed by atoms with Gasteiger partial charge in [0.15, 0.2) is 0 Å². The smallest absolute Gasteiger partial charge is 0.0837 e. The van der Waals surface area contributed by atoms with Crippen LogP contribution in [0.1, 0.15) is 37.8 Å². The van der Waals surface area contributed by atoms with E-state index in [2.05, 4.69) is 61.2 Å². The molecule has 0 N–H and O–H groups in total. The summed E-state index contributed by atoms with van der Waals surface area (Å²) < 4.78 is 0. The molecule has 24 heavy (non-hydrogen) atoms. The summed E-state index contributed by atoms with van der Waals surface area (Å²) >= 11 is 0. The first-order valence-corrected chi connectivity index (χ1v) is 8.97. The number of nitrogens with zero attached hydrogens (tertiary/aromatic N) is 2. The predicted molar refractivity (Wildman–Crippen MR) is 101 cm³/mol. The molecule has 2 aromatic rings. The van der Waals surface area contributed by atoms with Crippen molar-refractivity contribution in [3.05, 3.63) is 71.8 Å². The Bertz CT molecular complexity index is 626. The van der Waals surface area contributed by atoms with E-state index in [9.17, 15) is 5.26 Å². The summed E-state index contributed by atoms with van der Waals surface area (Å²) in [4.78, 5) is 2.40. The van der Waals surface area contributed by atoms with Crippen molar-refractivity contribution in [2.24, 2.45) is 0 Å². The molecule has 2 nitrogen and oxygen atoms in total. The lowest BCUT2D eigenvalue weighted by Gasteiger charge is -2.30. The predicted octanol–water partition coefficient (Wildman–Crippen LogP) is 4.81. The highest BCUT2D eigenvalue weighted by Gasteiger charge is 2.32. The summed E-state index contributed by atoms with van der Waals surface area (Å²) in [6.07, 6.45) is 2.67. The van der Waals surface area contributed by atoms with Gasteiger partial charge in [-0.3, -0.25) is 0 Å². The molecule has 0 saturated carbocycles. The lowest BCUT2D eigenvalue weighted by molar-refractivity contribution is 0.271. The van der Waals surface area contributed by atoms with E-state index < -0.39 is 5.41 Å². The van der Waals surface area contributed by atoms with Gasteiger partial charge >= 0.3 is 0 Å². The lowest BCUT2D eigenvalue weighted by Crippen LogP contribution is -2.33. The lowest BCUT2D eigenvalue weighted by atomic mass is 9.74. The zero-order valence-corrected chi connectivity index (χ0v) is 14.9. The molecular formula is C22H28N2. The van der Waals surface area contributed by atoms with Gasteiger partial charge in [0.05, 0.1) is 11.5 Å². The van der Waals surface area contributed by atoms with Crippen molar-refractivity contribution in [2.75, 3.05) is 19.6 Å². The Kier molecular flexibility index (Phi) is 7.03. The van der Waals surface area contributed by atoms with E-state index in [1.54, 1.807) is 0 Å². The van der Waals surface area contributed by atoms with E-state index in [1.807, 2.05) is 24.3 Å². The van der Waals surface area contributed by atoms with Crippen LogP contribution in [0.4, 0.5) is 0 Å². The number of nitriles is 1. The van der Waals surface area contributed by atoms with Crippen LogP contribution in [0.25, 0.3) is 0 Å². The Labute approximate surface area is 146 Å². The Morgan fingerprint density at radius 1 is 0.875 bits per heavy atom. The number of rotatable bonds is 9. The Hall–Kier alpha value is -2.11. The molecule has 0 bridgehead atoms. The molecule has 2 aromatic carbocycles. The topological polar surface area (TPSA) is 27.0 Å². The second-order valence-corrected chi connectivity index (χ2v) is 6.32. The van der Waals surface area contributed by atoms with Gasteiger partial charge in [0, 0.05) is 0 Å². The second kappa shape index (κ2) is 9.25. The first kappa shape index (κ1) is 18.2. The van der Waals surface area contributed by atoms with Crippen LogP contribution in [-0.4, -0.2) is 24.5 Å². The molecule has 0 spiro atoms. The van der Waals surface area contributed by atoms with Crippen LogP contribution in [0.15, 0.2) is 60.7 Å². The Balaban J connectivity index is 2.21. The monoisotopic (exact) mass is 320 g/mol. The van der Waals surface area contributed by atoms with Crippen molar-refractivity contribution in [3.8, 4) is 6.07 Å². The molecule has 0 aromatic heterocycles. The third-order valence-electron chi connectivity index (χ3n) is 4.97. The summed E-state index contributed by atoms with van der Waals surface area (Å²) in [6, 6.07) is 23.5. The van der Waals surface area contributed by atoms with Crippen molar-refractivity contribution >= 4 is 0 Å². The first-order chi connectivity index (χ1) is 11.7. The Morgan fingerprint density at radius 3 is 2.00 bits per heavy atom. The SMILES string of the molecule is CCN(CC)CCC(C#N)(CCc1ccccc1)c1ccccc1. The molecule has 0 aliphatic rings.